The zero-order chi connectivity index (χ0) is 26.4. The Labute approximate surface area is 211 Å². The number of likely N-dealkylation sites (tertiary alicyclic amines) is 2. The number of benzene rings is 1. The number of piperidine rings is 1. The van der Waals surface area contributed by atoms with Gasteiger partial charge >= 0.3 is 12.3 Å². The molecule has 0 atom stereocenters. The fourth-order valence-electron chi connectivity index (χ4n) is 5.57. The molecule has 0 aliphatic carbocycles. The van der Waals surface area contributed by atoms with Crippen LogP contribution in [-0.4, -0.2) is 79.7 Å². The molecule has 3 aliphatic rings. The van der Waals surface area contributed by atoms with Gasteiger partial charge in [-0.15, -0.1) is 0 Å². The van der Waals surface area contributed by atoms with Crippen molar-refractivity contribution in [3.05, 3.63) is 29.3 Å². The molecule has 0 unspecified atom stereocenters. The minimum atomic E-state index is -4.47. The number of hydrogen-bond donors (Lipinski definition) is 0. The van der Waals surface area contributed by atoms with Crippen molar-refractivity contribution in [3.8, 4) is 0 Å². The lowest BCUT2D eigenvalue weighted by atomic mass is 9.84. The summed E-state index contributed by atoms with van der Waals surface area (Å²) in [5, 5.41) is 0. The van der Waals surface area contributed by atoms with Crippen LogP contribution >= 0.6 is 0 Å². The van der Waals surface area contributed by atoms with Crippen LogP contribution in [0.1, 0.15) is 57.6 Å². The van der Waals surface area contributed by atoms with Crippen LogP contribution in [0.2, 0.25) is 0 Å². The smallest absolute Gasteiger partial charge is 0.416 e. The number of anilines is 1. The molecule has 1 aromatic carbocycles. The van der Waals surface area contributed by atoms with Crippen molar-refractivity contribution in [2.24, 2.45) is 0 Å². The maximum atomic E-state index is 13.5. The molecule has 11 heteroatoms. The SMILES string of the molecule is CC(C)(C)OC(=O)N1CCC2(CCCN2Cc2ccc(C(F)(F)F)cc2N2CCS(=O)(=O)CC2)CC1. The van der Waals surface area contributed by atoms with Crippen LogP contribution in [0.3, 0.4) is 0 Å². The first-order chi connectivity index (χ1) is 16.7. The van der Waals surface area contributed by atoms with Crippen LogP contribution in [0.25, 0.3) is 0 Å². The summed E-state index contributed by atoms with van der Waals surface area (Å²) in [4.78, 5) is 18.4. The Morgan fingerprint density at radius 1 is 1.00 bits per heavy atom. The highest BCUT2D eigenvalue weighted by molar-refractivity contribution is 7.91. The topological polar surface area (TPSA) is 70.2 Å². The maximum Gasteiger partial charge on any atom is 0.416 e. The third kappa shape index (κ3) is 6.10. The van der Waals surface area contributed by atoms with E-state index < -0.39 is 27.2 Å². The molecule has 0 bridgehead atoms. The van der Waals surface area contributed by atoms with Gasteiger partial charge < -0.3 is 14.5 Å². The van der Waals surface area contributed by atoms with Gasteiger partial charge in [-0.25, -0.2) is 13.2 Å². The quantitative estimate of drug-likeness (QED) is 0.579. The molecule has 7 nitrogen and oxygen atoms in total. The van der Waals surface area contributed by atoms with Gasteiger partial charge in [0.1, 0.15) is 5.60 Å². The summed E-state index contributed by atoms with van der Waals surface area (Å²) in [6.45, 7) is 8.38. The van der Waals surface area contributed by atoms with Gasteiger partial charge in [-0.2, -0.15) is 13.2 Å². The molecule has 0 saturated carbocycles. The van der Waals surface area contributed by atoms with Crippen molar-refractivity contribution in [3.63, 3.8) is 0 Å². The highest BCUT2D eigenvalue weighted by Gasteiger charge is 2.44. The fourth-order valence-corrected chi connectivity index (χ4v) is 6.77. The molecular formula is C25H36F3N3O4S. The van der Waals surface area contributed by atoms with Gasteiger partial charge in [0.15, 0.2) is 9.84 Å². The monoisotopic (exact) mass is 531 g/mol. The van der Waals surface area contributed by atoms with E-state index in [1.54, 1.807) is 15.9 Å². The molecule has 0 radical (unpaired) electrons. The normalized spacial score (nSPS) is 22.7. The number of amides is 1. The molecule has 3 heterocycles. The summed E-state index contributed by atoms with van der Waals surface area (Å²) in [5.41, 5.74) is -0.148. The molecule has 36 heavy (non-hydrogen) atoms. The lowest BCUT2D eigenvalue weighted by Gasteiger charge is -2.45. The molecular weight excluding hydrogens is 495 g/mol. The number of nitrogens with zero attached hydrogens (tertiary/aromatic N) is 3. The maximum absolute atomic E-state index is 13.5. The van der Waals surface area contributed by atoms with Gasteiger partial charge in [0.25, 0.3) is 0 Å². The molecule has 3 fully saturated rings. The van der Waals surface area contributed by atoms with Crippen LogP contribution in [0.5, 0.6) is 0 Å². The Hall–Kier alpha value is -2.01. The summed E-state index contributed by atoms with van der Waals surface area (Å²) < 4.78 is 69.9. The van der Waals surface area contributed by atoms with Crippen LogP contribution in [0, 0.1) is 0 Å². The summed E-state index contributed by atoms with van der Waals surface area (Å²) in [6, 6.07) is 3.83. The fraction of sp³-hybridized carbons (Fsp3) is 0.720. The van der Waals surface area contributed by atoms with Crippen molar-refractivity contribution < 1.29 is 31.1 Å². The molecule has 202 valence electrons. The predicted molar refractivity (Wildman–Crippen MR) is 132 cm³/mol. The van der Waals surface area contributed by atoms with Crippen molar-refractivity contribution in [2.75, 3.05) is 49.1 Å². The Morgan fingerprint density at radius 2 is 1.64 bits per heavy atom. The van der Waals surface area contributed by atoms with Crippen LogP contribution in [0.15, 0.2) is 18.2 Å². The summed E-state index contributed by atoms with van der Waals surface area (Å²) >= 11 is 0. The third-order valence-corrected chi connectivity index (χ3v) is 9.15. The molecule has 1 aromatic rings. The molecule has 0 N–H and O–H groups in total. The number of halogens is 3. The summed E-state index contributed by atoms with van der Waals surface area (Å²) in [5.74, 6) is -0.117. The molecule has 3 aliphatic heterocycles. The lowest BCUT2D eigenvalue weighted by molar-refractivity contribution is -0.137. The van der Waals surface area contributed by atoms with E-state index in [4.69, 9.17) is 4.74 Å². The largest absolute Gasteiger partial charge is 0.444 e. The molecule has 1 amide bonds. The lowest BCUT2D eigenvalue weighted by Crippen LogP contribution is -2.53. The van der Waals surface area contributed by atoms with Gasteiger partial charge in [-0.1, -0.05) is 6.07 Å². The van der Waals surface area contributed by atoms with Crippen LogP contribution in [-0.2, 0) is 27.3 Å². The number of alkyl halides is 3. The first-order valence-corrected chi connectivity index (χ1v) is 14.4. The van der Waals surface area contributed by atoms with Gasteiger partial charge in [0.2, 0.25) is 0 Å². The standard InChI is InChI=1S/C25H36F3N3O4S/c1-23(2,3)35-22(32)30-11-8-24(9-12-30)7-4-10-31(24)18-19-5-6-20(25(26,27)28)17-21(19)29-13-15-36(33,34)16-14-29/h5-6,17H,4,7-16,18H2,1-3H3. The van der Waals surface area contributed by atoms with Crippen molar-refractivity contribution in [1.29, 1.82) is 0 Å². The van der Waals surface area contributed by atoms with Crippen molar-refractivity contribution >= 4 is 21.6 Å². The number of carbonyl (C=O) groups excluding carboxylic acids is 1. The van der Waals surface area contributed by atoms with Gasteiger partial charge in [0.05, 0.1) is 17.1 Å². The van der Waals surface area contributed by atoms with E-state index in [1.807, 2.05) is 20.8 Å². The third-order valence-electron chi connectivity index (χ3n) is 7.55. The van der Waals surface area contributed by atoms with Gasteiger partial charge in [-0.05, 0) is 70.7 Å². The van der Waals surface area contributed by atoms with E-state index in [-0.39, 0.29) is 36.2 Å². The van der Waals surface area contributed by atoms with E-state index in [2.05, 4.69) is 4.90 Å². The Bertz CT molecular complexity index is 1060. The van der Waals surface area contributed by atoms with E-state index in [9.17, 15) is 26.4 Å². The number of ether oxygens (including phenoxy) is 1. The zero-order valence-electron chi connectivity index (χ0n) is 21.2. The number of hydrogen-bond acceptors (Lipinski definition) is 6. The zero-order valence-corrected chi connectivity index (χ0v) is 22.1. The summed E-state index contributed by atoms with van der Waals surface area (Å²) in [7, 11) is -3.16. The second-order valence-corrected chi connectivity index (χ2v) is 13.5. The minimum Gasteiger partial charge on any atom is -0.444 e. The highest BCUT2D eigenvalue weighted by atomic mass is 32.2. The minimum absolute atomic E-state index is 0.0587. The Balaban J connectivity index is 1.52. The van der Waals surface area contributed by atoms with E-state index >= 15 is 0 Å². The van der Waals surface area contributed by atoms with E-state index in [0.29, 0.717) is 25.3 Å². The van der Waals surface area contributed by atoms with Crippen LogP contribution in [0.4, 0.5) is 23.7 Å². The summed E-state index contributed by atoms with van der Waals surface area (Å²) in [6.07, 6.45) is -1.25. The van der Waals surface area contributed by atoms with Crippen molar-refractivity contribution in [2.45, 2.75) is 70.3 Å². The average molecular weight is 532 g/mol. The first-order valence-electron chi connectivity index (χ1n) is 12.6. The van der Waals surface area contributed by atoms with E-state index in [0.717, 1.165) is 43.9 Å². The van der Waals surface area contributed by atoms with Gasteiger partial charge in [-0.3, -0.25) is 4.90 Å². The number of carbonyl (C=O) groups is 1. The first kappa shape index (κ1) is 27.0. The number of sulfone groups is 1. The van der Waals surface area contributed by atoms with Crippen LogP contribution < -0.4 is 4.90 Å². The number of rotatable bonds is 3. The Kier molecular flexibility index (Phi) is 7.29. The molecule has 0 aromatic heterocycles. The van der Waals surface area contributed by atoms with Crippen molar-refractivity contribution in [1.82, 2.24) is 9.80 Å². The predicted octanol–water partition coefficient (Wildman–Crippen LogP) is 4.31. The highest BCUT2D eigenvalue weighted by Crippen LogP contribution is 2.41. The second-order valence-electron chi connectivity index (χ2n) is 11.2. The van der Waals surface area contributed by atoms with E-state index in [1.165, 1.54) is 6.07 Å². The second kappa shape index (κ2) is 9.70. The average Bonchev–Trinajstić information content (AvgIpc) is 3.14. The molecule has 3 saturated heterocycles. The van der Waals surface area contributed by atoms with Gasteiger partial charge in [0, 0.05) is 44.0 Å². The molecule has 4 rings (SSSR count). The molecule has 1 spiro atoms. The Morgan fingerprint density at radius 3 is 2.22 bits per heavy atom.